The summed E-state index contributed by atoms with van der Waals surface area (Å²) >= 11 is 0. The molecule has 6 heteroatoms. The van der Waals surface area contributed by atoms with Crippen molar-refractivity contribution in [2.45, 2.75) is 18.0 Å². The van der Waals surface area contributed by atoms with Crippen molar-refractivity contribution in [3.05, 3.63) is 65.7 Å². The van der Waals surface area contributed by atoms with Crippen LogP contribution in [0.3, 0.4) is 0 Å². The van der Waals surface area contributed by atoms with Gasteiger partial charge in [0.05, 0.1) is 4.90 Å². The largest absolute Gasteiger partial charge is 0.352 e. The van der Waals surface area contributed by atoms with Crippen LogP contribution in [0, 0.1) is 0 Å². The number of nitrogens with one attached hydrogen (secondary N) is 2. The monoisotopic (exact) mass is 331 g/mol. The van der Waals surface area contributed by atoms with Gasteiger partial charge in [0.25, 0.3) is 0 Å². The van der Waals surface area contributed by atoms with Gasteiger partial charge < -0.3 is 10.6 Å². The fraction of sp³-hybridized carbons (Fsp3) is 0.235. The Kier molecular flexibility index (Phi) is 5.76. The normalized spacial score (nSPS) is 12.0. The van der Waals surface area contributed by atoms with Gasteiger partial charge in [-0.25, -0.2) is 8.42 Å². The highest BCUT2D eigenvalue weighted by atomic mass is 32.2. The van der Waals surface area contributed by atoms with Crippen LogP contribution in [0.15, 0.2) is 64.5 Å². The van der Waals surface area contributed by atoms with E-state index < -0.39 is 9.84 Å². The third kappa shape index (κ3) is 5.41. The molecule has 5 nitrogen and oxygen atoms in total. The lowest BCUT2D eigenvalue weighted by Crippen LogP contribution is -2.36. The Labute approximate surface area is 137 Å². The fourth-order valence-corrected chi connectivity index (χ4v) is 2.67. The molecule has 122 valence electrons. The fourth-order valence-electron chi connectivity index (χ4n) is 2.04. The second kappa shape index (κ2) is 7.78. The van der Waals surface area contributed by atoms with E-state index in [2.05, 4.69) is 15.6 Å². The maximum absolute atomic E-state index is 11.4. The quantitative estimate of drug-likeness (QED) is 0.649. The summed E-state index contributed by atoms with van der Waals surface area (Å²) in [4.78, 5) is 4.50. The molecular weight excluding hydrogens is 310 g/mol. The first-order chi connectivity index (χ1) is 11.0. The lowest BCUT2D eigenvalue weighted by Gasteiger charge is -2.12. The van der Waals surface area contributed by atoms with Crippen LogP contribution >= 0.6 is 0 Å². The van der Waals surface area contributed by atoms with Gasteiger partial charge in [-0.3, -0.25) is 4.99 Å². The van der Waals surface area contributed by atoms with E-state index in [1.165, 1.54) is 11.8 Å². The highest BCUT2D eigenvalue weighted by Crippen LogP contribution is 2.10. The second-order valence-corrected chi connectivity index (χ2v) is 7.20. The summed E-state index contributed by atoms with van der Waals surface area (Å²) in [6, 6.07) is 16.9. The standard InChI is InChI=1S/C17H21N3O2S/c1-18-17(19-12-14-6-4-3-5-7-14)20-13-15-8-10-16(11-9-15)23(2,21)22/h3-11H,12-13H2,1-2H3,(H2,18,19,20). The van der Waals surface area contributed by atoms with Crippen LogP contribution < -0.4 is 10.6 Å². The molecule has 0 aliphatic heterocycles. The summed E-state index contributed by atoms with van der Waals surface area (Å²) in [6.07, 6.45) is 1.20. The zero-order valence-electron chi connectivity index (χ0n) is 13.3. The highest BCUT2D eigenvalue weighted by molar-refractivity contribution is 7.90. The van der Waals surface area contributed by atoms with E-state index in [0.29, 0.717) is 23.9 Å². The number of aliphatic imine (C=N–C) groups is 1. The SMILES string of the molecule is CN=C(NCc1ccccc1)NCc1ccc(S(C)(=O)=O)cc1. The molecule has 2 rings (SSSR count). The zero-order valence-corrected chi connectivity index (χ0v) is 14.1. The van der Waals surface area contributed by atoms with Crippen molar-refractivity contribution >= 4 is 15.8 Å². The van der Waals surface area contributed by atoms with Gasteiger partial charge in [-0.05, 0) is 23.3 Å². The maximum atomic E-state index is 11.4. The molecule has 2 aromatic rings. The molecule has 0 aromatic heterocycles. The predicted molar refractivity (Wildman–Crippen MR) is 93.0 cm³/mol. The summed E-state index contributed by atoms with van der Waals surface area (Å²) in [5.41, 5.74) is 2.16. The van der Waals surface area contributed by atoms with Crippen LogP contribution in [0.1, 0.15) is 11.1 Å². The van der Waals surface area contributed by atoms with Crippen LogP contribution in [0.4, 0.5) is 0 Å². The Bertz CT molecular complexity index is 754. The molecule has 0 spiro atoms. The highest BCUT2D eigenvalue weighted by Gasteiger charge is 2.06. The van der Waals surface area contributed by atoms with Crippen LogP contribution in [0.5, 0.6) is 0 Å². The number of nitrogens with zero attached hydrogens (tertiary/aromatic N) is 1. The second-order valence-electron chi connectivity index (χ2n) is 5.18. The topological polar surface area (TPSA) is 70.6 Å². The van der Waals surface area contributed by atoms with Crippen LogP contribution in [0.25, 0.3) is 0 Å². The molecule has 0 saturated carbocycles. The summed E-state index contributed by atoms with van der Waals surface area (Å²) in [5, 5.41) is 6.44. The predicted octanol–water partition coefficient (Wildman–Crippen LogP) is 1.96. The first-order valence-corrected chi connectivity index (χ1v) is 9.15. The molecule has 2 aromatic carbocycles. The summed E-state index contributed by atoms with van der Waals surface area (Å²) in [5.74, 6) is 0.695. The molecule has 0 amide bonds. The molecule has 2 N–H and O–H groups in total. The molecule has 0 unspecified atom stereocenters. The average molecular weight is 331 g/mol. The lowest BCUT2D eigenvalue weighted by molar-refractivity contribution is 0.602. The lowest BCUT2D eigenvalue weighted by atomic mass is 10.2. The summed E-state index contributed by atoms with van der Waals surface area (Å²) < 4.78 is 22.9. The van der Waals surface area contributed by atoms with Gasteiger partial charge in [0.2, 0.25) is 0 Å². The first-order valence-electron chi connectivity index (χ1n) is 7.26. The number of benzene rings is 2. The molecule has 0 heterocycles. The van der Waals surface area contributed by atoms with Crippen molar-refractivity contribution in [1.82, 2.24) is 10.6 Å². The minimum Gasteiger partial charge on any atom is -0.352 e. The minimum atomic E-state index is -3.15. The number of hydrogen-bond donors (Lipinski definition) is 2. The molecule has 0 radical (unpaired) electrons. The number of rotatable bonds is 5. The zero-order chi connectivity index (χ0) is 16.7. The molecule has 0 bridgehead atoms. The van der Waals surface area contributed by atoms with E-state index in [0.717, 1.165) is 5.56 Å². The molecule has 0 aliphatic rings. The number of hydrogen-bond acceptors (Lipinski definition) is 3. The first kappa shape index (κ1) is 17.0. The van der Waals surface area contributed by atoms with Crippen molar-refractivity contribution in [1.29, 1.82) is 0 Å². The van der Waals surface area contributed by atoms with Gasteiger partial charge in [0.15, 0.2) is 15.8 Å². The van der Waals surface area contributed by atoms with Crippen molar-refractivity contribution in [2.24, 2.45) is 4.99 Å². The van der Waals surface area contributed by atoms with E-state index in [4.69, 9.17) is 0 Å². The molecule has 23 heavy (non-hydrogen) atoms. The summed E-state index contributed by atoms with van der Waals surface area (Å²) in [6.45, 7) is 1.26. The van der Waals surface area contributed by atoms with Gasteiger partial charge in [-0.2, -0.15) is 0 Å². The van der Waals surface area contributed by atoms with Gasteiger partial charge in [-0.1, -0.05) is 42.5 Å². The third-order valence-electron chi connectivity index (χ3n) is 3.34. The molecule has 0 atom stereocenters. The Hall–Kier alpha value is -2.34. The number of sulfone groups is 1. The molecular formula is C17H21N3O2S. The van der Waals surface area contributed by atoms with E-state index in [-0.39, 0.29) is 0 Å². The smallest absolute Gasteiger partial charge is 0.191 e. The molecule has 0 aliphatic carbocycles. The van der Waals surface area contributed by atoms with Gasteiger partial charge >= 0.3 is 0 Å². The average Bonchev–Trinajstić information content (AvgIpc) is 2.55. The van der Waals surface area contributed by atoms with Gasteiger partial charge in [-0.15, -0.1) is 0 Å². The van der Waals surface area contributed by atoms with Crippen LogP contribution in [0.2, 0.25) is 0 Å². The Morgan fingerprint density at radius 1 is 0.913 bits per heavy atom. The van der Waals surface area contributed by atoms with Crippen molar-refractivity contribution in [2.75, 3.05) is 13.3 Å². The van der Waals surface area contributed by atoms with E-state index in [9.17, 15) is 8.42 Å². The van der Waals surface area contributed by atoms with Crippen LogP contribution in [-0.2, 0) is 22.9 Å². The van der Waals surface area contributed by atoms with E-state index >= 15 is 0 Å². The molecule has 0 saturated heterocycles. The van der Waals surface area contributed by atoms with Gasteiger partial charge in [0, 0.05) is 26.4 Å². The van der Waals surface area contributed by atoms with Crippen LogP contribution in [-0.4, -0.2) is 27.7 Å². The Morgan fingerprint density at radius 2 is 1.43 bits per heavy atom. The van der Waals surface area contributed by atoms with Crippen molar-refractivity contribution in [3.8, 4) is 0 Å². The maximum Gasteiger partial charge on any atom is 0.191 e. The van der Waals surface area contributed by atoms with E-state index in [1.54, 1.807) is 31.3 Å². The third-order valence-corrected chi connectivity index (χ3v) is 4.47. The molecule has 0 fully saturated rings. The van der Waals surface area contributed by atoms with Crippen molar-refractivity contribution < 1.29 is 8.42 Å². The Balaban J connectivity index is 1.88. The van der Waals surface area contributed by atoms with Crippen molar-refractivity contribution in [3.63, 3.8) is 0 Å². The van der Waals surface area contributed by atoms with Gasteiger partial charge in [0.1, 0.15) is 0 Å². The Morgan fingerprint density at radius 3 is 1.91 bits per heavy atom. The summed E-state index contributed by atoms with van der Waals surface area (Å²) in [7, 11) is -1.44. The minimum absolute atomic E-state index is 0.327. The van der Waals surface area contributed by atoms with E-state index in [1.807, 2.05) is 30.3 Å². The number of guanidine groups is 1.